The van der Waals surface area contributed by atoms with Gasteiger partial charge in [-0.2, -0.15) is 0 Å². The van der Waals surface area contributed by atoms with E-state index in [-0.39, 0.29) is 17.7 Å². The molecule has 4 heteroatoms. The summed E-state index contributed by atoms with van der Waals surface area (Å²) in [6.45, 7) is 1.21. The van der Waals surface area contributed by atoms with Crippen LogP contribution in [0.4, 0.5) is 0 Å². The zero-order chi connectivity index (χ0) is 16.5. The maximum Gasteiger partial charge on any atom is 0.225 e. The molecule has 0 bridgehead atoms. The number of hydrogen-bond donors (Lipinski definition) is 1. The molecule has 1 saturated carbocycles. The first kappa shape index (κ1) is 15.2. The van der Waals surface area contributed by atoms with Gasteiger partial charge in [-0.15, -0.1) is 0 Å². The second kappa shape index (κ2) is 6.27. The summed E-state index contributed by atoms with van der Waals surface area (Å²) in [7, 11) is 0. The summed E-state index contributed by atoms with van der Waals surface area (Å²) >= 11 is 0. The van der Waals surface area contributed by atoms with Crippen molar-refractivity contribution in [2.75, 3.05) is 13.1 Å². The van der Waals surface area contributed by atoms with E-state index in [0.717, 1.165) is 19.3 Å². The highest BCUT2D eigenvalue weighted by Gasteiger charge is 2.41. The van der Waals surface area contributed by atoms with Crippen molar-refractivity contribution >= 4 is 22.6 Å². The van der Waals surface area contributed by atoms with Crippen LogP contribution in [0.15, 0.2) is 42.5 Å². The molecule has 1 aliphatic heterocycles. The Morgan fingerprint density at radius 1 is 1.12 bits per heavy atom. The van der Waals surface area contributed by atoms with Crippen molar-refractivity contribution in [2.24, 2.45) is 5.92 Å². The number of rotatable bonds is 5. The number of nitrogens with one attached hydrogen (secondary N) is 1. The fraction of sp³-hybridized carbons (Fsp3) is 0.400. The maximum absolute atomic E-state index is 12.3. The van der Waals surface area contributed by atoms with Gasteiger partial charge in [-0.05, 0) is 35.6 Å². The number of carbonyl (C=O) groups excluding carboxylic acids is 2. The van der Waals surface area contributed by atoms with Crippen LogP contribution in [0.3, 0.4) is 0 Å². The lowest BCUT2D eigenvalue weighted by Crippen LogP contribution is -2.34. The highest BCUT2D eigenvalue weighted by molar-refractivity contribution is 5.89. The Kier molecular flexibility index (Phi) is 3.97. The van der Waals surface area contributed by atoms with Crippen LogP contribution in [-0.4, -0.2) is 35.8 Å². The number of fused-ring (bicyclic) bond motifs is 1. The lowest BCUT2D eigenvalue weighted by atomic mass is 10.0. The van der Waals surface area contributed by atoms with E-state index < -0.39 is 0 Å². The molecule has 1 N–H and O–H groups in total. The van der Waals surface area contributed by atoms with E-state index >= 15 is 0 Å². The first-order chi connectivity index (χ1) is 11.7. The Balaban J connectivity index is 1.33. The van der Waals surface area contributed by atoms with Gasteiger partial charge >= 0.3 is 0 Å². The van der Waals surface area contributed by atoms with Crippen molar-refractivity contribution in [1.29, 1.82) is 0 Å². The van der Waals surface area contributed by atoms with E-state index in [2.05, 4.69) is 35.6 Å². The lowest BCUT2D eigenvalue weighted by Gasteiger charge is -2.15. The van der Waals surface area contributed by atoms with E-state index in [9.17, 15) is 9.59 Å². The number of carbonyl (C=O) groups is 2. The quantitative estimate of drug-likeness (QED) is 0.919. The highest BCUT2D eigenvalue weighted by Crippen LogP contribution is 2.32. The summed E-state index contributed by atoms with van der Waals surface area (Å²) in [4.78, 5) is 26.2. The van der Waals surface area contributed by atoms with Crippen molar-refractivity contribution < 1.29 is 9.59 Å². The van der Waals surface area contributed by atoms with Gasteiger partial charge in [-0.1, -0.05) is 42.5 Å². The number of amides is 2. The number of hydrogen-bond acceptors (Lipinski definition) is 2. The number of nitrogens with zero attached hydrogens (tertiary/aromatic N) is 1. The average molecular weight is 322 g/mol. The third-order valence-corrected chi connectivity index (χ3v) is 5.09. The summed E-state index contributed by atoms with van der Waals surface area (Å²) in [5.74, 6) is -0.0101. The molecule has 4 rings (SSSR count). The molecule has 0 aromatic heterocycles. The van der Waals surface area contributed by atoms with Gasteiger partial charge in [0.1, 0.15) is 0 Å². The maximum atomic E-state index is 12.3. The molecule has 1 heterocycles. The van der Waals surface area contributed by atoms with Gasteiger partial charge in [0.15, 0.2) is 0 Å². The summed E-state index contributed by atoms with van der Waals surface area (Å²) in [5, 5.41) is 5.49. The zero-order valence-corrected chi connectivity index (χ0v) is 13.7. The number of likely N-dealkylation sites (tertiary alicyclic amines) is 1. The monoisotopic (exact) mass is 322 g/mol. The van der Waals surface area contributed by atoms with Crippen molar-refractivity contribution in [1.82, 2.24) is 10.2 Å². The van der Waals surface area contributed by atoms with Crippen LogP contribution in [0, 0.1) is 5.92 Å². The van der Waals surface area contributed by atoms with Crippen LogP contribution in [0.25, 0.3) is 10.8 Å². The molecule has 0 radical (unpaired) electrons. The van der Waals surface area contributed by atoms with Crippen molar-refractivity contribution in [3.05, 3.63) is 48.0 Å². The van der Waals surface area contributed by atoms with Crippen LogP contribution in [-0.2, 0) is 16.0 Å². The van der Waals surface area contributed by atoms with Gasteiger partial charge < -0.3 is 10.2 Å². The van der Waals surface area contributed by atoms with Crippen molar-refractivity contribution in [2.45, 2.75) is 31.7 Å². The summed E-state index contributed by atoms with van der Waals surface area (Å²) < 4.78 is 0. The lowest BCUT2D eigenvalue weighted by molar-refractivity contribution is -0.129. The van der Waals surface area contributed by atoms with Gasteiger partial charge in [-0.25, -0.2) is 0 Å². The molecule has 2 aliphatic rings. The molecule has 1 saturated heterocycles. The van der Waals surface area contributed by atoms with Gasteiger partial charge in [0.25, 0.3) is 0 Å². The Labute approximate surface area is 141 Å². The van der Waals surface area contributed by atoms with E-state index in [1.807, 2.05) is 17.0 Å². The molecule has 4 nitrogen and oxygen atoms in total. The Bertz CT molecular complexity index is 777. The summed E-state index contributed by atoms with van der Waals surface area (Å²) in [5.41, 5.74) is 1.25. The highest BCUT2D eigenvalue weighted by atomic mass is 16.2. The first-order valence-electron chi connectivity index (χ1n) is 8.76. The zero-order valence-electron chi connectivity index (χ0n) is 13.7. The third kappa shape index (κ3) is 3.01. The van der Waals surface area contributed by atoms with Crippen LogP contribution >= 0.6 is 0 Å². The van der Waals surface area contributed by atoms with Crippen LogP contribution in [0.2, 0.25) is 0 Å². The van der Waals surface area contributed by atoms with Crippen LogP contribution < -0.4 is 5.32 Å². The van der Waals surface area contributed by atoms with Crippen LogP contribution in [0.1, 0.15) is 24.8 Å². The number of benzene rings is 2. The standard InChI is InChI=1S/C20H22N2O2/c23-19-12-16(13-22(19)17-8-9-17)20(24)21-11-10-15-6-3-5-14-4-1-2-7-18(14)15/h1-7,16-17H,8-13H2,(H,21,24). The molecular formula is C20H22N2O2. The summed E-state index contributed by atoms with van der Waals surface area (Å²) in [6, 6.07) is 15.0. The second-order valence-corrected chi connectivity index (χ2v) is 6.86. The Morgan fingerprint density at radius 2 is 1.92 bits per heavy atom. The first-order valence-corrected chi connectivity index (χ1v) is 8.76. The predicted octanol–water partition coefficient (Wildman–Crippen LogP) is 2.51. The minimum atomic E-state index is -0.175. The largest absolute Gasteiger partial charge is 0.355 e. The molecule has 2 aromatic rings. The molecule has 24 heavy (non-hydrogen) atoms. The molecular weight excluding hydrogens is 300 g/mol. The Morgan fingerprint density at radius 3 is 2.75 bits per heavy atom. The SMILES string of the molecule is O=C(NCCc1cccc2ccccc12)C1CC(=O)N(C2CC2)C1. The van der Waals surface area contributed by atoms with Crippen LogP contribution in [0.5, 0.6) is 0 Å². The van der Waals surface area contributed by atoms with Gasteiger partial charge in [0, 0.05) is 25.6 Å². The molecule has 1 aliphatic carbocycles. The summed E-state index contributed by atoms with van der Waals surface area (Å²) in [6.07, 6.45) is 3.37. The average Bonchev–Trinajstić information content (AvgIpc) is 3.37. The molecule has 1 unspecified atom stereocenters. The van der Waals surface area contributed by atoms with E-state index in [1.54, 1.807) is 0 Å². The molecule has 2 fully saturated rings. The molecule has 124 valence electrons. The van der Waals surface area contributed by atoms with E-state index in [4.69, 9.17) is 0 Å². The molecule has 2 amide bonds. The fourth-order valence-electron chi connectivity index (χ4n) is 3.62. The Hall–Kier alpha value is -2.36. The minimum absolute atomic E-state index is 0.0201. The van der Waals surface area contributed by atoms with Gasteiger partial charge in [0.2, 0.25) is 11.8 Å². The smallest absolute Gasteiger partial charge is 0.225 e. The third-order valence-electron chi connectivity index (χ3n) is 5.09. The molecule has 2 aromatic carbocycles. The molecule has 1 atom stereocenters. The van der Waals surface area contributed by atoms with Crippen molar-refractivity contribution in [3.8, 4) is 0 Å². The second-order valence-electron chi connectivity index (χ2n) is 6.86. The minimum Gasteiger partial charge on any atom is -0.355 e. The normalized spacial score (nSPS) is 20.6. The molecule has 0 spiro atoms. The predicted molar refractivity (Wildman–Crippen MR) is 93.5 cm³/mol. The van der Waals surface area contributed by atoms with E-state index in [1.165, 1.54) is 16.3 Å². The van der Waals surface area contributed by atoms with Crippen molar-refractivity contribution in [3.63, 3.8) is 0 Å². The van der Waals surface area contributed by atoms with E-state index in [0.29, 0.717) is 25.6 Å². The fourth-order valence-corrected chi connectivity index (χ4v) is 3.62. The van der Waals surface area contributed by atoms with Gasteiger partial charge in [0.05, 0.1) is 5.92 Å². The van der Waals surface area contributed by atoms with Gasteiger partial charge in [-0.3, -0.25) is 9.59 Å². The topological polar surface area (TPSA) is 49.4 Å².